The van der Waals surface area contributed by atoms with Crippen molar-refractivity contribution in [1.82, 2.24) is 14.8 Å². The first-order chi connectivity index (χ1) is 11.6. The summed E-state index contributed by atoms with van der Waals surface area (Å²) in [5.41, 5.74) is 1.65. The summed E-state index contributed by atoms with van der Waals surface area (Å²) < 4.78 is 13.5. The molecule has 24 heavy (non-hydrogen) atoms. The molecule has 0 bridgehead atoms. The third-order valence-electron chi connectivity index (χ3n) is 4.62. The van der Waals surface area contributed by atoms with Gasteiger partial charge in [0.05, 0.1) is 0 Å². The number of carbonyl (C=O) groups is 1. The highest BCUT2D eigenvalue weighted by Crippen LogP contribution is 2.22. The third-order valence-corrected chi connectivity index (χ3v) is 4.62. The SMILES string of the molecule is C[C@@H](c1cccc(F)c1)N1CCCN(C(=O)c2ccncc2)CC1. The molecule has 1 aromatic heterocycles. The molecule has 3 rings (SSSR count). The molecule has 0 aliphatic carbocycles. The van der Waals surface area contributed by atoms with Gasteiger partial charge in [-0.3, -0.25) is 14.7 Å². The van der Waals surface area contributed by atoms with E-state index in [-0.39, 0.29) is 17.8 Å². The smallest absolute Gasteiger partial charge is 0.254 e. The molecule has 0 unspecified atom stereocenters. The number of rotatable bonds is 3. The lowest BCUT2D eigenvalue weighted by molar-refractivity contribution is 0.0758. The van der Waals surface area contributed by atoms with E-state index in [2.05, 4.69) is 16.8 Å². The molecule has 4 nitrogen and oxygen atoms in total. The van der Waals surface area contributed by atoms with Crippen molar-refractivity contribution in [1.29, 1.82) is 0 Å². The summed E-state index contributed by atoms with van der Waals surface area (Å²) in [5.74, 6) is -0.152. The van der Waals surface area contributed by atoms with Crippen LogP contribution in [0.1, 0.15) is 35.3 Å². The second kappa shape index (κ2) is 7.53. The summed E-state index contributed by atoms with van der Waals surface area (Å²) in [6, 6.07) is 10.4. The number of hydrogen-bond donors (Lipinski definition) is 0. The van der Waals surface area contributed by atoms with Crippen LogP contribution >= 0.6 is 0 Å². The fourth-order valence-electron chi connectivity index (χ4n) is 3.18. The van der Waals surface area contributed by atoms with Crippen LogP contribution in [0.25, 0.3) is 0 Å². The van der Waals surface area contributed by atoms with E-state index in [4.69, 9.17) is 0 Å². The fraction of sp³-hybridized carbons (Fsp3) is 0.368. The number of nitrogens with zero attached hydrogens (tertiary/aromatic N) is 3. The van der Waals surface area contributed by atoms with Crippen molar-refractivity contribution in [3.63, 3.8) is 0 Å². The lowest BCUT2D eigenvalue weighted by Gasteiger charge is -2.28. The van der Waals surface area contributed by atoms with Crippen LogP contribution in [0.4, 0.5) is 4.39 Å². The van der Waals surface area contributed by atoms with Gasteiger partial charge in [0.1, 0.15) is 5.82 Å². The molecule has 2 heterocycles. The molecule has 0 spiro atoms. The Balaban J connectivity index is 1.66. The Kier molecular flexibility index (Phi) is 5.20. The van der Waals surface area contributed by atoms with Gasteiger partial charge in [-0.15, -0.1) is 0 Å². The van der Waals surface area contributed by atoms with Crippen molar-refractivity contribution in [3.05, 3.63) is 65.7 Å². The van der Waals surface area contributed by atoms with E-state index in [1.165, 1.54) is 6.07 Å². The van der Waals surface area contributed by atoms with Gasteiger partial charge in [-0.05, 0) is 43.2 Å². The van der Waals surface area contributed by atoms with E-state index in [1.54, 1.807) is 36.7 Å². The maximum Gasteiger partial charge on any atom is 0.254 e. The topological polar surface area (TPSA) is 36.4 Å². The number of benzene rings is 1. The average molecular weight is 327 g/mol. The van der Waals surface area contributed by atoms with Gasteiger partial charge in [0.25, 0.3) is 5.91 Å². The third kappa shape index (κ3) is 3.79. The van der Waals surface area contributed by atoms with Crippen LogP contribution in [0.15, 0.2) is 48.8 Å². The highest BCUT2D eigenvalue weighted by molar-refractivity contribution is 5.94. The molecule has 1 aliphatic heterocycles. The monoisotopic (exact) mass is 327 g/mol. The van der Waals surface area contributed by atoms with E-state index in [0.29, 0.717) is 12.1 Å². The zero-order chi connectivity index (χ0) is 16.9. The molecule has 0 saturated carbocycles. The van der Waals surface area contributed by atoms with Gasteiger partial charge < -0.3 is 4.90 Å². The van der Waals surface area contributed by atoms with E-state index in [0.717, 1.165) is 31.6 Å². The van der Waals surface area contributed by atoms with Crippen molar-refractivity contribution >= 4 is 5.91 Å². The minimum atomic E-state index is -0.205. The number of halogens is 1. The van der Waals surface area contributed by atoms with Crippen molar-refractivity contribution < 1.29 is 9.18 Å². The molecule has 1 aliphatic rings. The predicted octanol–water partition coefficient (Wildman–Crippen LogP) is 3.13. The molecule has 126 valence electrons. The highest BCUT2D eigenvalue weighted by atomic mass is 19.1. The van der Waals surface area contributed by atoms with Gasteiger partial charge in [0, 0.05) is 50.2 Å². The molecular weight excluding hydrogens is 305 g/mol. The predicted molar refractivity (Wildman–Crippen MR) is 91.1 cm³/mol. The summed E-state index contributed by atoms with van der Waals surface area (Å²) in [4.78, 5) is 20.7. The van der Waals surface area contributed by atoms with E-state index in [9.17, 15) is 9.18 Å². The number of carbonyl (C=O) groups excluding carboxylic acids is 1. The molecule has 1 aromatic carbocycles. The molecule has 1 fully saturated rings. The van der Waals surface area contributed by atoms with E-state index >= 15 is 0 Å². The first kappa shape index (κ1) is 16.6. The molecule has 0 N–H and O–H groups in total. The van der Waals surface area contributed by atoms with Gasteiger partial charge in [-0.25, -0.2) is 4.39 Å². The molecular formula is C19H22FN3O. The van der Waals surface area contributed by atoms with Gasteiger partial charge in [0.15, 0.2) is 0 Å². The number of aromatic nitrogens is 1. The largest absolute Gasteiger partial charge is 0.337 e. The Morgan fingerprint density at radius 2 is 1.92 bits per heavy atom. The summed E-state index contributed by atoms with van der Waals surface area (Å²) in [6.45, 7) is 5.20. The summed E-state index contributed by atoms with van der Waals surface area (Å²) in [7, 11) is 0. The maximum atomic E-state index is 13.5. The highest BCUT2D eigenvalue weighted by Gasteiger charge is 2.23. The maximum absolute atomic E-state index is 13.5. The van der Waals surface area contributed by atoms with Gasteiger partial charge in [-0.1, -0.05) is 12.1 Å². The standard InChI is InChI=1S/C19H22FN3O/c1-15(17-4-2-5-18(20)14-17)22-10-3-11-23(13-12-22)19(24)16-6-8-21-9-7-16/h2,4-9,14-15H,3,10-13H2,1H3/t15-/m0/s1. The van der Waals surface area contributed by atoms with Crippen LogP contribution in [0.3, 0.4) is 0 Å². The first-order valence-electron chi connectivity index (χ1n) is 8.34. The zero-order valence-corrected chi connectivity index (χ0v) is 13.9. The quantitative estimate of drug-likeness (QED) is 0.869. The lowest BCUT2D eigenvalue weighted by Crippen LogP contribution is -2.36. The second-order valence-electron chi connectivity index (χ2n) is 6.15. The Hall–Kier alpha value is -2.27. The van der Waals surface area contributed by atoms with Crippen LogP contribution in [-0.2, 0) is 0 Å². The van der Waals surface area contributed by atoms with Gasteiger partial charge >= 0.3 is 0 Å². The fourth-order valence-corrected chi connectivity index (χ4v) is 3.18. The summed E-state index contributed by atoms with van der Waals surface area (Å²) >= 11 is 0. The van der Waals surface area contributed by atoms with Crippen LogP contribution in [-0.4, -0.2) is 46.9 Å². The van der Waals surface area contributed by atoms with Gasteiger partial charge in [-0.2, -0.15) is 0 Å². The number of pyridine rings is 1. The van der Waals surface area contributed by atoms with Crippen LogP contribution < -0.4 is 0 Å². The molecule has 1 saturated heterocycles. The van der Waals surface area contributed by atoms with E-state index in [1.807, 2.05) is 11.0 Å². The Morgan fingerprint density at radius 3 is 2.67 bits per heavy atom. The molecule has 5 heteroatoms. The number of hydrogen-bond acceptors (Lipinski definition) is 3. The Bertz CT molecular complexity index is 692. The minimum absolute atomic E-state index is 0.0534. The van der Waals surface area contributed by atoms with Crippen molar-refractivity contribution in [2.75, 3.05) is 26.2 Å². The lowest BCUT2D eigenvalue weighted by atomic mass is 10.1. The van der Waals surface area contributed by atoms with Crippen LogP contribution in [0.2, 0.25) is 0 Å². The van der Waals surface area contributed by atoms with Crippen molar-refractivity contribution in [3.8, 4) is 0 Å². The zero-order valence-electron chi connectivity index (χ0n) is 13.9. The first-order valence-corrected chi connectivity index (χ1v) is 8.34. The van der Waals surface area contributed by atoms with Crippen molar-refractivity contribution in [2.45, 2.75) is 19.4 Å². The molecule has 1 amide bonds. The average Bonchev–Trinajstić information content (AvgIpc) is 2.87. The van der Waals surface area contributed by atoms with Gasteiger partial charge in [0.2, 0.25) is 0 Å². The number of amides is 1. The van der Waals surface area contributed by atoms with Crippen molar-refractivity contribution in [2.24, 2.45) is 0 Å². The molecule has 0 radical (unpaired) electrons. The Morgan fingerprint density at radius 1 is 1.12 bits per heavy atom. The minimum Gasteiger partial charge on any atom is -0.337 e. The Labute approximate surface area is 141 Å². The van der Waals surface area contributed by atoms with Crippen LogP contribution in [0, 0.1) is 5.82 Å². The second-order valence-corrected chi connectivity index (χ2v) is 6.15. The normalized spacial score (nSPS) is 17.3. The molecule has 2 aromatic rings. The summed E-state index contributed by atoms with van der Waals surface area (Å²) in [6.07, 6.45) is 4.20. The molecule has 1 atom stereocenters. The summed E-state index contributed by atoms with van der Waals surface area (Å²) in [5, 5.41) is 0. The van der Waals surface area contributed by atoms with E-state index < -0.39 is 0 Å². The van der Waals surface area contributed by atoms with Crippen LogP contribution in [0.5, 0.6) is 0 Å².